The molecule has 1 fully saturated rings. The van der Waals surface area contributed by atoms with Crippen LogP contribution in [0, 0.1) is 16.7 Å². The molecular formula is C25H32N2O2. The van der Waals surface area contributed by atoms with Crippen LogP contribution in [0.5, 0.6) is 0 Å². The molecule has 0 spiro atoms. The molecule has 1 aliphatic heterocycles. The smallest absolute Gasteiger partial charge is 0.161 e. The van der Waals surface area contributed by atoms with Gasteiger partial charge in [-0.2, -0.15) is 0 Å². The zero-order valence-electron chi connectivity index (χ0n) is 18.5. The van der Waals surface area contributed by atoms with E-state index < -0.39 is 0 Å². The van der Waals surface area contributed by atoms with Crippen LogP contribution in [0.25, 0.3) is 0 Å². The number of benzene rings is 1. The van der Waals surface area contributed by atoms with Crippen LogP contribution in [0.3, 0.4) is 0 Å². The normalized spacial score (nSPS) is 27.9. The maximum Gasteiger partial charge on any atom is 0.161 e. The Hall–Kier alpha value is -2.23. The predicted octanol–water partition coefficient (Wildman–Crippen LogP) is 4.94. The summed E-state index contributed by atoms with van der Waals surface area (Å²) in [7, 11) is 4.03. The summed E-state index contributed by atoms with van der Waals surface area (Å²) in [6.45, 7) is 8.56. The predicted molar refractivity (Wildman–Crippen MR) is 118 cm³/mol. The molecule has 1 aromatic rings. The van der Waals surface area contributed by atoms with Crippen LogP contribution in [-0.4, -0.2) is 31.4 Å². The van der Waals surface area contributed by atoms with Gasteiger partial charge >= 0.3 is 0 Å². The average Bonchev–Trinajstić information content (AvgIpc) is 2.57. The molecule has 1 heterocycles. The molecule has 3 aliphatic rings. The molecular weight excluding hydrogens is 360 g/mol. The van der Waals surface area contributed by atoms with Gasteiger partial charge in [0.05, 0.1) is 5.92 Å². The first-order valence-corrected chi connectivity index (χ1v) is 10.6. The van der Waals surface area contributed by atoms with Crippen LogP contribution in [0.4, 0.5) is 5.69 Å². The van der Waals surface area contributed by atoms with Crippen molar-refractivity contribution in [2.75, 3.05) is 19.0 Å². The molecule has 0 amide bonds. The molecule has 29 heavy (non-hydrogen) atoms. The Morgan fingerprint density at radius 1 is 0.862 bits per heavy atom. The number of anilines is 1. The first-order chi connectivity index (χ1) is 13.5. The highest BCUT2D eigenvalue weighted by Crippen LogP contribution is 2.51. The van der Waals surface area contributed by atoms with E-state index in [2.05, 4.69) is 56.9 Å². The highest BCUT2D eigenvalue weighted by Gasteiger charge is 2.49. The molecule has 4 rings (SSSR count). The molecule has 0 aromatic heterocycles. The third-order valence-electron chi connectivity index (χ3n) is 6.61. The van der Waals surface area contributed by atoms with Gasteiger partial charge in [-0.25, -0.2) is 0 Å². The summed E-state index contributed by atoms with van der Waals surface area (Å²) < 4.78 is 0. The third-order valence-corrected chi connectivity index (χ3v) is 6.61. The summed E-state index contributed by atoms with van der Waals surface area (Å²) in [4.78, 5) is 33.6. The van der Waals surface area contributed by atoms with Crippen molar-refractivity contribution in [3.63, 3.8) is 0 Å². The van der Waals surface area contributed by atoms with E-state index in [4.69, 9.17) is 4.99 Å². The number of carbonyl (C=O) groups excluding carboxylic acids is 2. The maximum atomic E-state index is 13.3. The number of ketones is 2. The maximum absolute atomic E-state index is 13.3. The van der Waals surface area contributed by atoms with Crippen molar-refractivity contribution in [1.29, 1.82) is 0 Å². The quantitative estimate of drug-likeness (QED) is 0.716. The fourth-order valence-electron chi connectivity index (χ4n) is 5.35. The van der Waals surface area contributed by atoms with Gasteiger partial charge in [-0.15, -0.1) is 0 Å². The fraction of sp³-hybridized carbons (Fsp3) is 0.560. The third kappa shape index (κ3) is 3.58. The van der Waals surface area contributed by atoms with Crippen LogP contribution < -0.4 is 4.90 Å². The SMILES string of the molecule is CN(C)c1ccc([C@@H]2C3=C(CC(C)(C)CC3=O)N=C3CC(C)(C)CC(=O)C32)cc1. The monoisotopic (exact) mass is 392 g/mol. The lowest BCUT2D eigenvalue weighted by Crippen LogP contribution is -2.45. The summed E-state index contributed by atoms with van der Waals surface area (Å²) in [6, 6.07) is 8.34. The molecule has 2 aliphatic carbocycles. The van der Waals surface area contributed by atoms with Gasteiger partial charge in [-0.1, -0.05) is 39.8 Å². The van der Waals surface area contributed by atoms with E-state index in [1.165, 1.54) is 0 Å². The molecule has 1 saturated carbocycles. The molecule has 154 valence electrons. The van der Waals surface area contributed by atoms with Crippen molar-refractivity contribution in [2.45, 2.75) is 59.3 Å². The Morgan fingerprint density at radius 2 is 1.48 bits per heavy atom. The summed E-state index contributed by atoms with van der Waals surface area (Å²) in [5, 5.41) is 0. The van der Waals surface area contributed by atoms with E-state index in [0.717, 1.165) is 41.1 Å². The van der Waals surface area contributed by atoms with Crippen molar-refractivity contribution >= 4 is 23.0 Å². The van der Waals surface area contributed by atoms with E-state index >= 15 is 0 Å². The second-order valence-corrected chi connectivity index (χ2v) is 10.8. The van der Waals surface area contributed by atoms with Crippen molar-refractivity contribution in [2.24, 2.45) is 21.7 Å². The average molecular weight is 393 g/mol. The van der Waals surface area contributed by atoms with Crippen LogP contribution in [-0.2, 0) is 9.59 Å². The van der Waals surface area contributed by atoms with Gasteiger partial charge in [-0.05, 0) is 41.4 Å². The van der Waals surface area contributed by atoms with Crippen molar-refractivity contribution in [1.82, 2.24) is 0 Å². The minimum Gasteiger partial charge on any atom is -0.378 e. The number of rotatable bonds is 2. The number of hydrogen-bond acceptors (Lipinski definition) is 4. The van der Waals surface area contributed by atoms with Gasteiger partial charge in [-0.3, -0.25) is 14.6 Å². The van der Waals surface area contributed by atoms with Gasteiger partial charge in [0.1, 0.15) is 5.78 Å². The molecule has 1 aromatic carbocycles. The Bertz CT molecular complexity index is 932. The highest BCUT2D eigenvalue weighted by molar-refractivity contribution is 6.13. The number of Topliss-reactive ketones (excluding diaryl/α,β-unsaturated/α-hetero) is 2. The number of carbonyl (C=O) groups is 2. The van der Waals surface area contributed by atoms with Gasteiger partial charge in [0, 0.05) is 55.5 Å². The van der Waals surface area contributed by atoms with E-state index in [1.54, 1.807) is 0 Å². The molecule has 0 radical (unpaired) electrons. The van der Waals surface area contributed by atoms with E-state index in [-0.39, 0.29) is 34.2 Å². The minimum atomic E-state index is -0.294. The largest absolute Gasteiger partial charge is 0.378 e. The first kappa shape index (κ1) is 20.1. The Morgan fingerprint density at radius 3 is 2.10 bits per heavy atom. The van der Waals surface area contributed by atoms with Gasteiger partial charge in [0.15, 0.2) is 5.78 Å². The lowest BCUT2D eigenvalue weighted by Gasteiger charge is -2.44. The van der Waals surface area contributed by atoms with Crippen LogP contribution >= 0.6 is 0 Å². The van der Waals surface area contributed by atoms with Crippen LogP contribution in [0.1, 0.15) is 64.9 Å². The number of allylic oxidation sites excluding steroid dienone is 2. The summed E-state index contributed by atoms with van der Waals surface area (Å²) >= 11 is 0. The number of nitrogens with zero attached hydrogens (tertiary/aromatic N) is 2. The zero-order valence-corrected chi connectivity index (χ0v) is 18.5. The van der Waals surface area contributed by atoms with Gasteiger partial charge in [0.2, 0.25) is 0 Å². The van der Waals surface area contributed by atoms with Gasteiger partial charge < -0.3 is 4.90 Å². The Labute approximate surface area is 174 Å². The van der Waals surface area contributed by atoms with Gasteiger partial charge in [0.25, 0.3) is 0 Å². The second kappa shape index (κ2) is 6.65. The summed E-state index contributed by atoms with van der Waals surface area (Å²) in [5.74, 6) is -0.0951. The Balaban J connectivity index is 1.87. The lowest BCUT2D eigenvalue weighted by atomic mass is 9.60. The van der Waals surface area contributed by atoms with Crippen molar-refractivity contribution in [3.05, 3.63) is 41.1 Å². The standard InChI is InChI=1S/C25H32N2O2/c1-24(2)11-17-22(19(28)13-24)21(15-7-9-16(10-8-15)27(5)6)23-18(26-17)12-25(3,4)14-20(23)29/h7-10,21-22H,11-14H2,1-6H3/t21-,22?/m0/s1. The highest BCUT2D eigenvalue weighted by atomic mass is 16.1. The van der Waals surface area contributed by atoms with Crippen LogP contribution in [0.2, 0.25) is 0 Å². The molecule has 4 heteroatoms. The molecule has 2 atom stereocenters. The van der Waals surface area contributed by atoms with E-state index in [1.807, 2.05) is 14.1 Å². The topological polar surface area (TPSA) is 49.7 Å². The molecule has 1 unspecified atom stereocenters. The Kier molecular flexibility index (Phi) is 4.60. The minimum absolute atomic E-state index is 0.0714. The molecule has 0 N–H and O–H groups in total. The molecule has 4 nitrogen and oxygen atoms in total. The first-order valence-electron chi connectivity index (χ1n) is 10.6. The van der Waals surface area contributed by atoms with E-state index in [9.17, 15) is 9.59 Å². The summed E-state index contributed by atoms with van der Waals surface area (Å²) in [6.07, 6.45) is 2.69. The number of hydrogen-bond donors (Lipinski definition) is 0. The molecule has 0 bridgehead atoms. The fourth-order valence-corrected chi connectivity index (χ4v) is 5.35. The van der Waals surface area contributed by atoms with E-state index in [0.29, 0.717) is 12.8 Å². The second-order valence-electron chi connectivity index (χ2n) is 10.8. The number of fused-ring (bicyclic) bond motifs is 1. The molecule has 0 saturated heterocycles. The van der Waals surface area contributed by atoms with Crippen molar-refractivity contribution < 1.29 is 9.59 Å². The zero-order chi connectivity index (χ0) is 21.1. The van der Waals surface area contributed by atoms with Crippen molar-refractivity contribution in [3.8, 4) is 0 Å². The summed E-state index contributed by atoms with van der Waals surface area (Å²) in [5.41, 5.74) is 4.71. The lowest BCUT2D eigenvalue weighted by molar-refractivity contribution is -0.124. The van der Waals surface area contributed by atoms with Crippen LogP contribution in [0.15, 0.2) is 40.5 Å². The number of aliphatic imine (C=N–C) groups is 1.